The summed E-state index contributed by atoms with van der Waals surface area (Å²) in [6.07, 6.45) is 0. The van der Waals surface area contributed by atoms with Crippen LogP contribution in [0.25, 0.3) is 22.2 Å². The summed E-state index contributed by atoms with van der Waals surface area (Å²) in [6.45, 7) is 0. The Kier molecular flexibility index (Phi) is 4.39. The van der Waals surface area contributed by atoms with Gasteiger partial charge in [-0.2, -0.15) is 11.3 Å². The fourth-order valence-electron chi connectivity index (χ4n) is 2.06. The van der Waals surface area contributed by atoms with Crippen LogP contribution < -0.4 is 0 Å². The number of benzene rings is 2. The first-order valence-corrected chi connectivity index (χ1v) is 7.76. The van der Waals surface area contributed by atoms with Crippen molar-refractivity contribution in [3.63, 3.8) is 0 Å². The highest BCUT2D eigenvalue weighted by molar-refractivity contribution is 7.07. The monoisotopic (exact) mass is 289 g/mol. The molecule has 2 aromatic carbocycles. The summed E-state index contributed by atoms with van der Waals surface area (Å²) in [5, 5.41) is 5.27. The van der Waals surface area contributed by atoms with E-state index in [0.717, 1.165) is 16.8 Å². The smallest absolute Gasteiger partial charge is 0.0709 e. The molecule has 4 aromatic rings. The predicted octanol–water partition coefficient (Wildman–Crippen LogP) is 5.65. The first-order valence-electron chi connectivity index (χ1n) is 6.82. The van der Waals surface area contributed by atoms with E-state index in [1.807, 2.05) is 59.3 Å². The van der Waals surface area contributed by atoms with Crippen LogP contribution in [0, 0.1) is 0 Å². The highest BCUT2D eigenvalue weighted by Crippen LogP contribution is 2.20. The van der Waals surface area contributed by atoms with Crippen molar-refractivity contribution in [2.45, 2.75) is 0 Å². The molecule has 0 saturated heterocycles. The molecule has 0 radical (unpaired) electrons. The van der Waals surface area contributed by atoms with Gasteiger partial charge in [0, 0.05) is 10.9 Å². The lowest BCUT2D eigenvalue weighted by Gasteiger charge is -2.02. The van der Waals surface area contributed by atoms with E-state index in [2.05, 4.69) is 35.3 Å². The Bertz CT molecular complexity index is 775. The average Bonchev–Trinajstić information content (AvgIpc) is 3.15. The van der Waals surface area contributed by atoms with Gasteiger partial charge in [0.2, 0.25) is 0 Å². The molecule has 0 bridgehead atoms. The predicted molar refractivity (Wildman–Crippen MR) is 91.5 cm³/mol. The molecule has 21 heavy (non-hydrogen) atoms. The van der Waals surface area contributed by atoms with Gasteiger partial charge in [-0.3, -0.25) is 0 Å². The van der Waals surface area contributed by atoms with Crippen LogP contribution in [-0.4, -0.2) is 4.98 Å². The van der Waals surface area contributed by atoms with Crippen LogP contribution in [0.4, 0.5) is 0 Å². The molecule has 0 N–H and O–H groups in total. The number of pyridine rings is 1. The third kappa shape index (κ3) is 3.56. The van der Waals surface area contributed by atoms with Gasteiger partial charge in [-0.15, -0.1) is 0 Å². The first kappa shape index (κ1) is 13.5. The first-order chi connectivity index (χ1) is 10.4. The van der Waals surface area contributed by atoms with Crippen LogP contribution in [0.3, 0.4) is 0 Å². The molecule has 0 unspecified atom stereocenters. The molecular formula is C19H15NS. The standard InChI is InChI=1S/C15H11N.C4H4S/c1-2-6-12(7-3-1)15-11-10-13-8-4-5-9-14(13)16-15;1-2-4-5-3-1/h1-11H;1-4H. The number of aromatic nitrogens is 1. The number of hydrogen-bond donors (Lipinski definition) is 0. The van der Waals surface area contributed by atoms with Crippen LogP contribution >= 0.6 is 11.3 Å². The van der Waals surface area contributed by atoms with Crippen molar-refractivity contribution < 1.29 is 0 Å². The lowest BCUT2D eigenvalue weighted by Crippen LogP contribution is -1.84. The van der Waals surface area contributed by atoms with Crippen LogP contribution in [-0.2, 0) is 0 Å². The summed E-state index contributed by atoms with van der Waals surface area (Å²) in [5.74, 6) is 0. The van der Waals surface area contributed by atoms with Gasteiger partial charge >= 0.3 is 0 Å². The SMILES string of the molecule is c1ccc(-c2ccc3ccccc3n2)cc1.c1ccsc1. The molecule has 0 aliphatic heterocycles. The maximum absolute atomic E-state index is 4.65. The molecule has 2 heteroatoms. The fourth-order valence-corrected chi connectivity index (χ4v) is 2.52. The Balaban J connectivity index is 0.000000225. The largest absolute Gasteiger partial charge is 0.248 e. The second kappa shape index (κ2) is 6.82. The van der Waals surface area contributed by atoms with E-state index in [1.165, 1.54) is 5.39 Å². The number of para-hydroxylation sites is 1. The summed E-state index contributed by atoms with van der Waals surface area (Å²) in [5.41, 5.74) is 3.23. The van der Waals surface area contributed by atoms with E-state index < -0.39 is 0 Å². The minimum atomic E-state index is 1.03. The second-order valence-corrected chi connectivity index (χ2v) is 5.36. The van der Waals surface area contributed by atoms with E-state index in [9.17, 15) is 0 Å². The Labute approximate surface area is 128 Å². The fraction of sp³-hybridized carbons (Fsp3) is 0. The maximum atomic E-state index is 4.65. The van der Waals surface area contributed by atoms with Crippen molar-refractivity contribution in [2.75, 3.05) is 0 Å². The number of rotatable bonds is 1. The van der Waals surface area contributed by atoms with Crippen LogP contribution in [0.1, 0.15) is 0 Å². The van der Waals surface area contributed by atoms with Crippen molar-refractivity contribution in [3.8, 4) is 11.3 Å². The van der Waals surface area contributed by atoms with Gasteiger partial charge in [-0.1, -0.05) is 66.7 Å². The van der Waals surface area contributed by atoms with Gasteiger partial charge in [0.05, 0.1) is 11.2 Å². The van der Waals surface area contributed by atoms with E-state index in [0.29, 0.717) is 0 Å². The minimum Gasteiger partial charge on any atom is -0.248 e. The molecule has 0 spiro atoms. The van der Waals surface area contributed by atoms with Gasteiger partial charge in [0.25, 0.3) is 0 Å². The van der Waals surface area contributed by atoms with Crippen LogP contribution in [0.15, 0.2) is 89.6 Å². The Morgan fingerprint density at radius 2 is 1.33 bits per heavy atom. The lowest BCUT2D eigenvalue weighted by atomic mass is 10.1. The number of fused-ring (bicyclic) bond motifs is 1. The van der Waals surface area contributed by atoms with E-state index >= 15 is 0 Å². The minimum absolute atomic E-state index is 1.03. The second-order valence-electron chi connectivity index (χ2n) is 4.55. The van der Waals surface area contributed by atoms with Crippen LogP contribution in [0.5, 0.6) is 0 Å². The zero-order valence-corrected chi connectivity index (χ0v) is 12.3. The number of hydrogen-bond acceptors (Lipinski definition) is 2. The molecule has 0 atom stereocenters. The summed E-state index contributed by atoms with van der Waals surface area (Å²) in [7, 11) is 0. The summed E-state index contributed by atoms with van der Waals surface area (Å²) >= 11 is 1.71. The maximum Gasteiger partial charge on any atom is 0.0709 e. The van der Waals surface area contributed by atoms with Gasteiger partial charge < -0.3 is 0 Å². The highest BCUT2D eigenvalue weighted by atomic mass is 32.1. The lowest BCUT2D eigenvalue weighted by molar-refractivity contribution is 1.40. The molecule has 1 nitrogen and oxygen atoms in total. The molecule has 0 fully saturated rings. The van der Waals surface area contributed by atoms with Crippen molar-refractivity contribution in [1.29, 1.82) is 0 Å². The number of nitrogens with zero attached hydrogens (tertiary/aromatic N) is 1. The van der Waals surface area contributed by atoms with E-state index in [1.54, 1.807) is 11.3 Å². The molecule has 0 saturated carbocycles. The molecule has 2 heterocycles. The van der Waals surface area contributed by atoms with Crippen LogP contribution in [0.2, 0.25) is 0 Å². The highest BCUT2D eigenvalue weighted by Gasteiger charge is 1.99. The van der Waals surface area contributed by atoms with Gasteiger partial charge in [-0.05, 0) is 22.9 Å². The summed E-state index contributed by atoms with van der Waals surface area (Å²) in [4.78, 5) is 4.65. The molecular weight excluding hydrogens is 274 g/mol. The number of thiophene rings is 1. The quantitative estimate of drug-likeness (QED) is 0.441. The van der Waals surface area contributed by atoms with E-state index in [-0.39, 0.29) is 0 Å². The topological polar surface area (TPSA) is 12.9 Å². The third-order valence-corrected chi connectivity index (χ3v) is 3.72. The zero-order chi connectivity index (χ0) is 14.3. The van der Waals surface area contributed by atoms with Gasteiger partial charge in [-0.25, -0.2) is 4.98 Å². The Morgan fingerprint density at radius 1 is 0.619 bits per heavy atom. The average molecular weight is 289 g/mol. The molecule has 0 aliphatic rings. The molecule has 4 rings (SSSR count). The Morgan fingerprint density at radius 3 is 2.05 bits per heavy atom. The molecule has 0 aliphatic carbocycles. The summed E-state index contributed by atoms with van der Waals surface area (Å²) in [6, 6.07) is 26.6. The molecule has 102 valence electrons. The normalized spacial score (nSPS) is 9.90. The van der Waals surface area contributed by atoms with Crippen molar-refractivity contribution in [3.05, 3.63) is 89.6 Å². The third-order valence-electron chi connectivity index (χ3n) is 3.09. The Hall–Kier alpha value is -2.45. The van der Waals surface area contributed by atoms with E-state index in [4.69, 9.17) is 0 Å². The summed E-state index contributed by atoms with van der Waals surface area (Å²) < 4.78 is 0. The van der Waals surface area contributed by atoms with Crippen molar-refractivity contribution in [1.82, 2.24) is 4.98 Å². The van der Waals surface area contributed by atoms with Crippen molar-refractivity contribution >= 4 is 22.2 Å². The van der Waals surface area contributed by atoms with Gasteiger partial charge in [0.1, 0.15) is 0 Å². The molecule has 2 aromatic heterocycles. The van der Waals surface area contributed by atoms with Gasteiger partial charge in [0.15, 0.2) is 0 Å². The zero-order valence-electron chi connectivity index (χ0n) is 11.5. The van der Waals surface area contributed by atoms with Crippen molar-refractivity contribution in [2.24, 2.45) is 0 Å². The molecule has 0 amide bonds.